The highest BCUT2D eigenvalue weighted by Crippen LogP contribution is 2.24. The second-order valence-electron chi connectivity index (χ2n) is 5.55. The van der Waals surface area contributed by atoms with Gasteiger partial charge in [0.25, 0.3) is 5.56 Å². The quantitative estimate of drug-likeness (QED) is 0.461. The standard InChI is InChI=1S/C17H18BrN3O2S/c1-4-7-21-16(22)13-8-12(18)5-6-14(13)20-17(21)24-9-15-19-10(2)11(3)23-15/h5-6,8H,4,7,9H2,1-3H3. The molecule has 0 radical (unpaired) electrons. The maximum Gasteiger partial charge on any atom is 0.262 e. The molecule has 3 aromatic rings. The zero-order valence-electron chi connectivity index (χ0n) is 13.8. The third-order valence-corrected chi connectivity index (χ3v) is 5.18. The van der Waals surface area contributed by atoms with E-state index in [2.05, 4.69) is 25.9 Å². The fourth-order valence-electron chi connectivity index (χ4n) is 2.43. The van der Waals surface area contributed by atoms with E-state index in [1.807, 2.05) is 39.0 Å². The van der Waals surface area contributed by atoms with Gasteiger partial charge in [0.05, 0.1) is 22.3 Å². The number of hydrogen-bond acceptors (Lipinski definition) is 5. The molecule has 0 atom stereocenters. The maximum atomic E-state index is 12.8. The number of halogens is 1. The van der Waals surface area contributed by atoms with Gasteiger partial charge in [0.1, 0.15) is 5.76 Å². The van der Waals surface area contributed by atoms with Gasteiger partial charge in [-0.25, -0.2) is 9.97 Å². The van der Waals surface area contributed by atoms with E-state index in [4.69, 9.17) is 4.42 Å². The van der Waals surface area contributed by atoms with E-state index < -0.39 is 0 Å². The second-order valence-corrected chi connectivity index (χ2v) is 7.41. The molecule has 0 unspecified atom stereocenters. The number of thioether (sulfide) groups is 1. The van der Waals surface area contributed by atoms with E-state index in [9.17, 15) is 4.79 Å². The maximum absolute atomic E-state index is 12.8. The van der Waals surface area contributed by atoms with Crippen molar-refractivity contribution in [2.24, 2.45) is 0 Å². The zero-order valence-corrected chi connectivity index (χ0v) is 16.2. The lowest BCUT2D eigenvalue weighted by atomic mass is 10.2. The molecule has 0 aliphatic heterocycles. The van der Waals surface area contributed by atoms with Crippen LogP contribution in [0, 0.1) is 13.8 Å². The Labute approximate surface area is 152 Å². The molecular formula is C17H18BrN3O2S. The molecule has 2 heterocycles. The third kappa shape index (κ3) is 3.42. The van der Waals surface area contributed by atoms with E-state index in [0.29, 0.717) is 34.2 Å². The fourth-order valence-corrected chi connectivity index (χ4v) is 3.66. The molecule has 0 saturated carbocycles. The van der Waals surface area contributed by atoms with Gasteiger partial charge in [0.2, 0.25) is 5.89 Å². The Morgan fingerprint density at radius 3 is 2.75 bits per heavy atom. The van der Waals surface area contributed by atoms with Gasteiger partial charge in [-0.15, -0.1) is 0 Å². The van der Waals surface area contributed by atoms with Gasteiger partial charge in [-0.3, -0.25) is 9.36 Å². The van der Waals surface area contributed by atoms with Gasteiger partial charge >= 0.3 is 0 Å². The molecule has 126 valence electrons. The van der Waals surface area contributed by atoms with Crippen molar-refractivity contribution in [1.29, 1.82) is 0 Å². The van der Waals surface area contributed by atoms with E-state index in [0.717, 1.165) is 22.3 Å². The topological polar surface area (TPSA) is 60.9 Å². The lowest BCUT2D eigenvalue weighted by Gasteiger charge is -2.11. The van der Waals surface area contributed by atoms with E-state index in [1.54, 1.807) is 4.57 Å². The summed E-state index contributed by atoms with van der Waals surface area (Å²) in [5.74, 6) is 2.03. The molecule has 5 nitrogen and oxygen atoms in total. The number of oxazole rings is 1. The Balaban J connectivity index is 2.00. The van der Waals surface area contributed by atoms with Crippen molar-refractivity contribution < 1.29 is 4.42 Å². The SMILES string of the molecule is CCCn1c(SCc2nc(C)c(C)o2)nc2ccc(Br)cc2c1=O. The van der Waals surface area contributed by atoms with E-state index >= 15 is 0 Å². The van der Waals surface area contributed by atoms with Crippen molar-refractivity contribution in [3.63, 3.8) is 0 Å². The highest BCUT2D eigenvalue weighted by Gasteiger charge is 2.13. The second kappa shape index (κ2) is 7.11. The summed E-state index contributed by atoms with van der Waals surface area (Å²) in [6.45, 7) is 6.51. The Bertz CT molecular complexity index is 929. The molecule has 0 fully saturated rings. The smallest absolute Gasteiger partial charge is 0.262 e. The molecule has 0 spiro atoms. The van der Waals surface area contributed by atoms with Crippen LogP contribution >= 0.6 is 27.7 Å². The normalized spacial score (nSPS) is 11.3. The Hall–Kier alpha value is -1.60. The average molecular weight is 408 g/mol. The number of aryl methyl sites for hydroxylation is 2. The van der Waals surface area contributed by atoms with Gasteiger partial charge in [-0.05, 0) is 38.5 Å². The van der Waals surface area contributed by atoms with Crippen LogP contribution in [0.15, 0.2) is 37.0 Å². The molecule has 0 saturated heterocycles. The highest BCUT2D eigenvalue weighted by molar-refractivity contribution is 9.10. The number of nitrogens with zero attached hydrogens (tertiary/aromatic N) is 3. The van der Waals surface area contributed by atoms with Crippen LogP contribution in [0.1, 0.15) is 30.7 Å². The number of aromatic nitrogens is 3. The summed E-state index contributed by atoms with van der Waals surface area (Å²) in [5, 5.41) is 1.33. The molecule has 3 rings (SSSR count). The van der Waals surface area contributed by atoms with Gasteiger partial charge in [-0.2, -0.15) is 0 Å². The average Bonchev–Trinajstić information content (AvgIpc) is 2.87. The molecule has 0 aliphatic carbocycles. The van der Waals surface area contributed by atoms with Crippen LogP contribution in [0.3, 0.4) is 0 Å². The summed E-state index contributed by atoms with van der Waals surface area (Å²) in [4.78, 5) is 21.9. The summed E-state index contributed by atoms with van der Waals surface area (Å²) in [7, 11) is 0. The van der Waals surface area contributed by atoms with Gasteiger partial charge in [-0.1, -0.05) is 34.6 Å². The minimum absolute atomic E-state index is 0.00887. The molecular weight excluding hydrogens is 390 g/mol. The van der Waals surface area contributed by atoms with Crippen molar-refractivity contribution in [2.45, 2.75) is 44.6 Å². The van der Waals surface area contributed by atoms with Crippen LogP contribution in [0.5, 0.6) is 0 Å². The van der Waals surface area contributed by atoms with Crippen LogP contribution in [0.25, 0.3) is 10.9 Å². The van der Waals surface area contributed by atoms with Crippen LogP contribution in [-0.2, 0) is 12.3 Å². The van der Waals surface area contributed by atoms with Crippen molar-refractivity contribution in [1.82, 2.24) is 14.5 Å². The Morgan fingerprint density at radius 1 is 1.29 bits per heavy atom. The van der Waals surface area contributed by atoms with Crippen molar-refractivity contribution in [2.75, 3.05) is 0 Å². The van der Waals surface area contributed by atoms with Crippen LogP contribution in [0.2, 0.25) is 0 Å². The molecule has 0 N–H and O–H groups in total. The summed E-state index contributed by atoms with van der Waals surface area (Å²) in [6.07, 6.45) is 0.867. The number of fused-ring (bicyclic) bond motifs is 1. The number of hydrogen-bond donors (Lipinski definition) is 0. The molecule has 24 heavy (non-hydrogen) atoms. The van der Waals surface area contributed by atoms with Crippen LogP contribution < -0.4 is 5.56 Å². The monoisotopic (exact) mass is 407 g/mol. The summed E-state index contributed by atoms with van der Waals surface area (Å²) < 4.78 is 8.23. The van der Waals surface area contributed by atoms with Gasteiger partial charge in [0.15, 0.2) is 5.16 Å². The molecule has 0 amide bonds. The van der Waals surface area contributed by atoms with Crippen LogP contribution in [0.4, 0.5) is 0 Å². The van der Waals surface area contributed by atoms with Crippen molar-refractivity contribution in [3.8, 4) is 0 Å². The summed E-state index contributed by atoms with van der Waals surface area (Å²) >= 11 is 4.90. The molecule has 2 aromatic heterocycles. The zero-order chi connectivity index (χ0) is 17.3. The first-order valence-corrected chi connectivity index (χ1v) is 9.53. The lowest BCUT2D eigenvalue weighted by Crippen LogP contribution is -2.23. The first-order valence-electron chi connectivity index (χ1n) is 7.75. The Kier molecular flexibility index (Phi) is 5.10. The first kappa shape index (κ1) is 17.2. The third-order valence-electron chi connectivity index (χ3n) is 3.73. The molecule has 0 bridgehead atoms. The highest BCUT2D eigenvalue weighted by atomic mass is 79.9. The fraction of sp³-hybridized carbons (Fsp3) is 0.353. The first-order chi connectivity index (χ1) is 11.5. The van der Waals surface area contributed by atoms with Crippen molar-refractivity contribution >= 4 is 38.6 Å². The number of benzene rings is 1. The summed E-state index contributed by atoms with van der Waals surface area (Å²) in [6, 6.07) is 5.58. The van der Waals surface area contributed by atoms with Crippen LogP contribution in [-0.4, -0.2) is 14.5 Å². The Morgan fingerprint density at radius 2 is 2.08 bits per heavy atom. The largest absolute Gasteiger partial charge is 0.445 e. The molecule has 1 aromatic carbocycles. The van der Waals surface area contributed by atoms with E-state index in [-0.39, 0.29) is 5.56 Å². The van der Waals surface area contributed by atoms with E-state index in [1.165, 1.54) is 11.8 Å². The minimum Gasteiger partial charge on any atom is -0.445 e. The summed E-state index contributed by atoms with van der Waals surface area (Å²) in [5.41, 5.74) is 1.59. The van der Waals surface area contributed by atoms with Gasteiger partial charge < -0.3 is 4.42 Å². The molecule has 0 aliphatic rings. The van der Waals surface area contributed by atoms with Gasteiger partial charge in [0, 0.05) is 11.0 Å². The minimum atomic E-state index is -0.00887. The number of rotatable bonds is 5. The van der Waals surface area contributed by atoms with Crippen molar-refractivity contribution in [3.05, 3.63) is 50.4 Å². The molecule has 7 heteroatoms. The predicted octanol–water partition coefficient (Wildman–Crippen LogP) is 4.47. The lowest BCUT2D eigenvalue weighted by molar-refractivity contribution is 0.489. The predicted molar refractivity (Wildman–Crippen MR) is 99.5 cm³/mol.